The van der Waals surface area contributed by atoms with Crippen molar-refractivity contribution in [3.05, 3.63) is 47.2 Å². The van der Waals surface area contributed by atoms with Gasteiger partial charge < -0.3 is 10.2 Å². The summed E-state index contributed by atoms with van der Waals surface area (Å²) in [7, 11) is -1.80. The van der Waals surface area contributed by atoms with Crippen LogP contribution in [0.5, 0.6) is 0 Å². The fraction of sp³-hybridized carbons (Fsp3) is 0.429. The van der Waals surface area contributed by atoms with Gasteiger partial charge in [-0.3, -0.25) is 4.79 Å². The highest BCUT2D eigenvalue weighted by atomic mass is 32.2. The molecule has 0 bridgehead atoms. The molecule has 1 aromatic heterocycles. The van der Waals surface area contributed by atoms with Gasteiger partial charge in [-0.1, -0.05) is 31.5 Å². The van der Waals surface area contributed by atoms with E-state index in [2.05, 4.69) is 10.3 Å². The minimum absolute atomic E-state index is 0.0991. The van der Waals surface area contributed by atoms with E-state index in [9.17, 15) is 13.2 Å². The van der Waals surface area contributed by atoms with Gasteiger partial charge in [-0.2, -0.15) is 4.31 Å². The van der Waals surface area contributed by atoms with Crippen molar-refractivity contribution >= 4 is 27.4 Å². The Labute approximate surface area is 173 Å². The molecular formula is C21H30N4O3S. The van der Waals surface area contributed by atoms with Crippen LogP contribution in [0.25, 0.3) is 0 Å². The molecule has 1 heterocycles. The standard InChI is InChI=1S/C21H30N4O3S/c1-7-25(8-2)29(27,28)18-9-10-19(22-13-18)24(6)14-20(26)23-21-16(4)11-15(3)12-17(21)5/h9-13H,7-8,14H2,1-6H3,(H,23,26). The third-order valence-electron chi connectivity index (χ3n) is 4.78. The van der Waals surface area contributed by atoms with Gasteiger partial charge in [-0.25, -0.2) is 13.4 Å². The van der Waals surface area contributed by atoms with Gasteiger partial charge in [-0.15, -0.1) is 0 Å². The lowest BCUT2D eigenvalue weighted by molar-refractivity contribution is -0.114. The first-order valence-electron chi connectivity index (χ1n) is 9.65. The first-order valence-corrected chi connectivity index (χ1v) is 11.1. The van der Waals surface area contributed by atoms with Crippen LogP contribution < -0.4 is 10.2 Å². The topological polar surface area (TPSA) is 82.6 Å². The van der Waals surface area contributed by atoms with Gasteiger partial charge in [0.2, 0.25) is 15.9 Å². The molecule has 1 aromatic carbocycles. The number of aromatic nitrogens is 1. The summed E-state index contributed by atoms with van der Waals surface area (Å²) in [5, 5.41) is 2.96. The quantitative estimate of drug-likeness (QED) is 0.712. The monoisotopic (exact) mass is 418 g/mol. The van der Waals surface area contributed by atoms with Gasteiger partial charge in [0.1, 0.15) is 10.7 Å². The number of nitrogens with zero attached hydrogens (tertiary/aromatic N) is 3. The van der Waals surface area contributed by atoms with E-state index >= 15 is 0 Å². The van der Waals surface area contributed by atoms with Gasteiger partial charge >= 0.3 is 0 Å². The maximum atomic E-state index is 12.6. The zero-order valence-corrected chi connectivity index (χ0v) is 18.8. The number of aryl methyl sites for hydroxylation is 3. The molecule has 0 unspecified atom stereocenters. The molecule has 1 amide bonds. The minimum atomic E-state index is -3.55. The SMILES string of the molecule is CCN(CC)S(=O)(=O)c1ccc(N(C)CC(=O)Nc2c(C)cc(C)cc2C)nc1. The molecule has 0 saturated heterocycles. The van der Waals surface area contributed by atoms with E-state index in [1.807, 2.05) is 32.9 Å². The highest BCUT2D eigenvalue weighted by molar-refractivity contribution is 7.89. The number of anilines is 2. The van der Waals surface area contributed by atoms with Gasteiger partial charge in [0.25, 0.3) is 0 Å². The Morgan fingerprint density at radius 2 is 1.66 bits per heavy atom. The Balaban J connectivity index is 2.10. The maximum absolute atomic E-state index is 12.6. The van der Waals surface area contributed by atoms with Gasteiger partial charge in [0, 0.05) is 32.0 Å². The van der Waals surface area contributed by atoms with E-state index < -0.39 is 10.0 Å². The lowest BCUT2D eigenvalue weighted by Crippen LogP contribution is -2.32. The summed E-state index contributed by atoms with van der Waals surface area (Å²) in [6, 6.07) is 7.20. The number of amides is 1. The molecule has 0 aliphatic heterocycles. The van der Waals surface area contributed by atoms with Crippen LogP contribution >= 0.6 is 0 Å². The van der Waals surface area contributed by atoms with Crippen molar-refractivity contribution in [2.24, 2.45) is 0 Å². The fourth-order valence-corrected chi connectivity index (χ4v) is 4.72. The molecule has 2 aromatic rings. The molecule has 0 fully saturated rings. The Morgan fingerprint density at radius 3 is 2.14 bits per heavy atom. The van der Waals surface area contributed by atoms with Gasteiger partial charge in [-0.05, 0) is 44.0 Å². The Hall–Kier alpha value is -2.45. The Morgan fingerprint density at radius 1 is 1.07 bits per heavy atom. The number of carbonyl (C=O) groups is 1. The normalized spacial score (nSPS) is 11.6. The average molecular weight is 419 g/mol. The summed E-state index contributed by atoms with van der Waals surface area (Å²) in [6.07, 6.45) is 1.34. The van der Waals surface area contributed by atoms with Crippen LogP contribution in [0.4, 0.5) is 11.5 Å². The number of sulfonamides is 1. The van der Waals surface area contributed by atoms with Crippen LogP contribution in [-0.4, -0.2) is 50.3 Å². The predicted octanol–water partition coefficient (Wildman–Crippen LogP) is 3.11. The van der Waals surface area contributed by atoms with E-state index in [1.54, 1.807) is 31.9 Å². The molecule has 0 aliphatic rings. The smallest absolute Gasteiger partial charge is 0.244 e. The molecular weight excluding hydrogens is 388 g/mol. The van der Waals surface area contributed by atoms with Gasteiger partial charge in [0.05, 0.1) is 6.54 Å². The number of nitrogens with one attached hydrogen (secondary N) is 1. The largest absolute Gasteiger partial charge is 0.350 e. The molecule has 29 heavy (non-hydrogen) atoms. The molecule has 0 saturated carbocycles. The molecule has 1 N–H and O–H groups in total. The molecule has 2 rings (SSSR count). The zero-order valence-electron chi connectivity index (χ0n) is 18.0. The van der Waals surface area contributed by atoms with Crippen LogP contribution in [0, 0.1) is 20.8 Å². The van der Waals surface area contributed by atoms with Crippen molar-refractivity contribution in [2.45, 2.75) is 39.5 Å². The fourth-order valence-electron chi connectivity index (χ4n) is 3.32. The molecule has 8 heteroatoms. The summed E-state index contributed by atoms with van der Waals surface area (Å²) in [6.45, 7) is 10.5. The maximum Gasteiger partial charge on any atom is 0.244 e. The average Bonchev–Trinajstić information content (AvgIpc) is 2.65. The van der Waals surface area contributed by atoms with Crippen molar-refractivity contribution in [3.63, 3.8) is 0 Å². The van der Waals surface area contributed by atoms with Crippen LogP contribution in [0.3, 0.4) is 0 Å². The molecule has 158 valence electrons. The van der Waals surface area contributed by atoms with Crippen molar-refractivity contribution in [3.8, 4) is 0 Å². The summed E-state index contributed by atoms with van der Waals surface area (Å²) in [5.41, 5.74) is 4.01. The number of rotatable bonds is 8. The Bertz CT molecular complexity index is 945. The molecule has 0 spiro atoms. The number of pyridine rings is 1. The van der Waals surface area contributed by atoms with E-state index in [1.165, 1.54) is 16.6 Å². The van der Waals surface area contributed by atoms with Gasteiger partial charge in [0.15, 0.2) is 0 Å². The van der Waals surface area contributed by atoms with E-state index in [0.29, 0.717) is 18.9 Å². The molecule has 0 aliphatic carbocycles. The molecule has 0 atom stereocenters. The van der Waals surface area contributed by atoms with Crippen molar-refractivity contribution in [1.29, 1.82) is 0 Å². The second kappa shape index (κ2) is 9.37. The number of hydrogen-bond acceptors (Lipinski definition) is 5. The van der Waals surface area contributed by atoms with Crippen molar-refractivity contribution in [2.75, 3.05) is 36.9 Å². The summed E-state index contributed by atoms with van der Waals surface area (Å²) < 4.78 is 26.5. The predicted molar refractivity (Wildman–Crippen MR) is 117 cm³/mol. The van der Waals surface area contributed by atoms with Crippen LogP contribution in [-0.2, 0) is 14.8 Å². The van der Waals surface area contributed by atoms with Crippen LogP contribution in [0.15, 0.2) is 35.4 Å². The summed E-state index contributed by atoms with van der Waals surface area (Å²) in [5.74, 6) is 0.361. The third-order valence-corrected chi connectivity index (χ3v) is 6.81. The lowest BCUT2D eigenvalue weighted by Gasteiger charge is -2.21. The highest BCUT2D eigenvalue weighted by Crippen LogP contribution is 2.22. The van der Waals surface area contributed by atoms with Crippen LogP contribution in [0.2, 0.25) is 0 Å². The highest BCUT2D eigenvalue weighted by Gasteiger charge is 2.22. The van der Waals surface area contributed by atoms with E-state index in [0.717, 1.165) is 22.4 Å². The number of carbonyl (C=O) groups excluding carboxylic acids is 1. The van der Waals surface area contributed by atoms with Crippen LogP contribution in [0.1, 0.15) is 30.5 Å². The third kappa shape index (κ3) is 5.33. The number of hydrogen-bond donors (Lipinski definition) is 1. The molecule has 0 radical (unpaired) electrons. The zero-order chi connectivity index (χ0) is 21.8. The number of benzene rings is 1. The van der Waals surface area contributed by atoms with Crippen molar-refractivity contribution < 1.29 is 13.2 Å². The second-order valence-corrected chi connectivity index (χ2v) is 9.06. The van der Waals surface area contributed by atoms with E-state index in [-0.39, 0.29) is 17.3 Å². The first-order chi connectivity index (χ1) is 13.6. The van der Waals surface area contributed by atoms with E-state index in [4.69, 9.17) is 0 Å². The second-order valence-electron chi connectivity index (χ2n) is 7.12. The first kappa shape index (κ1) is 22.8. The summed E-state index contributed by atoms with van der Waals surface area (Å²) in [4.78, 5) is 18.6. The minimum Gasteiger partial charge on any atom is -0.350 e. The summed E-state index contributed by atoms with van der Waals surface area (Å²) >= 11 is 0. The lowest BCUT2D eigenvalue weighted by atomic mass is 10.1. The Kier molecular flexibility index (Phi) is 7.37. The van der Waals surface area contributed by atoms with Crippen molar-refractivity contribution in [1.82, 2.24) is 9.29 Å². The molecule has 7 nitrogen and oxygen atoms in total. The number of likely N-dealkylation sites (N-methyl/N-ethyl adjacent to an activating group) is 1.